The summed E-state index contributed by atoms with van der Waals surface area (Å²) in [6, 6.07) is 36.7. The van der Waals surface area contributed by atoms with Gasteiger partial charge in [0, 0.05) is 10.8 Å². The molecule has 0 aliphatic heterocycles. The van der Waals surface area contributed by atoms with Crippen molar-refractivity contribution in [2.45, 2.75) is 0 Å². The summed E-state index contributed by atoms with van der Waals surface area (Å²) in [6.45, 7) is 0. The van der Waals surface area contributed by atoms with E-state index in [1.807, 2.05) is 18.2 Å². The number of furan rings is 1. The van der Waals surface area contributed by atoms with Crippen LogP contribution in [0.4, 0.5) is 0 Å². The van der Waals surface area contributed by atoms with E-state index < -0.39 is 0 Å². The van der Waals surface area contributed by atoms with Crippen molar-refractivity contribution in [3.63, 3.8) is 0 Å². The van der Waals surface area contributed by atoms with Gasteiger partial charge in [-0.3, -0.25) is 0 Å². The van der Waals surface area contributed by atoms with Gasteiger partial charge < -0.3 is 4.42 Å². The molecule has 2 heterocycles. The van der Waals surface area contributed by atoms with E-state index in [0.29, 0.717) is 0 Å². The van der Waals surface area contributed by atoms with E-state index in [9.17, 15) is 0 Å². The Balaban J connectivity index is 1.38. The minimum Gasteiger partial charge on any atom is -0.454 e. The van der Waals surface area contributed by atoms with Crippen molar-refractivity contribution < 1.29 is 4.42 Å². The fourth-order valence-electron chi connectivity index (χ4n) is 5.53. The monoisotopic (exact) mass is 419 g/mol. The summed E-state index contributed by atoms with van der Waals surface area (Å²) >= 11 is 0. The van der Waals surface area contributed by atoms with Crippen molar-refractivity contribution in [3.05, 3.63) is 103 Å². The molecule has 8 rings (SSSR count). The maximum Gasteiger partial charge on any atom is 0.154 e. The Morgan fingerprint density at radius 3 is 2.15 bits per heavy atom. The number of pyridine rings is 1. The average Bonchev–Trinajstić information content (AvgIpc) is 3.39. The lowest BCUT2D eigenvalue weighted by atomic mass is 9.93. The van der Waals surface area contributed by atoms with Gasteiger partial charge in [0.15, 0.2) is 5.58 Å². The zero-order chi connectivity index (χ0) is 21.5. The molecule has 33 heavy (non-hydrogen) atoms. The van der Waals surface area contributed by atoms with Crippen LogP contribution in [-0.2, 0) is 0 Å². The second kappa shape index (κ2) is 6.08. The Labute approximate surface area is 189 Å². The summed E-state index contributed by atoms with van der Waals surface area (Å²) in [7, 11) is 0. The van der Waals surface area contributed by atoms with Gasteiger partial charge in [0.05, 0.1) is 5.52 Å². The Kier molecular flexibility index (Phi) is 3.16. The number of fused-ring (bicyclic) bond motifs is 7. The predicted octanol–water partition coefficient (Wildman–Crippen LogP) is 8.60. The molecule has 152 valence electrons. The third-order valence-electron chi connectivity index (χ3n) is 7.00. The van der Waals surface area contributed by atoms with Gasteiger partial charge in [-0.2, -0.15) is 0 Å². The first-order valence-corrected chi connectivity index (χ1v) is 11.2. The second-order valence-corrected chi connectivity index (χ2v) is 8.78. The van der Waals surface area contributed by atoms with Gasteiger partial charge in [-0.25, -0.2) is 4.98 Å². The first-order valence-electron chi connectivity index (χ1n) is 11.2. The summed E-state index contributed by atoms with van der Waals surface area (Å²) in [4.78, 5) is 4.93. The Bertz CT molecular complexity index is 1900. The molecule has 5 aromatic carbocycles. The molecule has 1 aliphatic carbocycles. The van der Waals surface area contributed by atoms with E-state index in [4.69, 9.17) is 9.40 Å². The fraction of sp³-hybridized carbons (Fsp3) is 0. The lowest BCUT2D eigenvalue weighted by Gasteiger charge is -2.10. The molecule has 0 radical (unpaired) electrons. The van der Waals surface area contributed by atoms with Gasteiger partial charge in [-0.15, -0.1) is 0 Å². The van der Waals surface area contributed by atoms with Crippen LogP contribution in [0.25, 0.3) is 77.1 Å². The van der Waals surface area contributed by atoms with Crippen molar-refractivity contribution in [2.75, 3.05) is 0 Å². The molecular weight excluding hydrogens is 402 g/mol. The van der Waals surface area contributed by atoms with Gasteiger partial charge in [0.25, 0.3) is 0 Å². The van der Waals surface area contributed by atoms with Crippen LogP contribution in [0.5, 0.6) is 0 Å². The summed E-state index contributed by atoms with van der Waals surface area (Å²) in [6.07, 6.45) is 0. The van der Waals surface area contributed by atoms with E-state index in [1.54, 1.807) is 0 Å². The minimum absolute atomic E-state index is 0.830. The molecule has 1 aliphatic rings. The quantitative estimate of drug-likeness (QED) is 0.266. The van der Waals surface area contributed by atoms with Crippen molar-refractivity contribution in [1.29, 1.82) is 0 Å². The molecular formula is C31H17NO. The third kappa shape index (κ3) is 2.25. The molecule has 2 heteroatoms. The summed E-state index contributed by atoms with van der Waals surface area (Å²) < 4.78 is 6.09. The third-order valence-corrected chi connectivity index (χ3v) is 7.00. The number of aromatic nitrogens is 1. The summed E-state index contributed by atoms with van der Waals surface area (Å²) in [5.74, 6) is 0. The topological polar surface area (TPSA) is 26.0 Å². The zero-order valence-corrected chi connectivity index (χ0v) is 17.7. The Morgan fingerprint density at radius 2 is 1.24 bits per heavy atom. The number of nitrogens with zero attached hydrogens (tertiary/aromatic N) is 1. The number of hydrogen-bond donors (Lipinski definition) is 0. The van der Waals surface area contributed by atoms with Crippen molar-refractivity contribution in [2.24, 2.45) is 0 Å². The van der Waals surface area contributed by atoms with Crippen molar-refractivity contribution in [1.82, 2.24) is 4.98 Å². The number of rotatable bonds is 1. The molecule has 0 saturated carbocycles. The first-order chi connectivity index (χ1) is 16.3. The second-order valence-electron chi connectivity index (χ2n) is 8.78. The van der Waals surface area contributed by atoms with Crippen molar-refractivity contribution in [3.8, 4) is 33.4 Å². The van der Waals surface area contributed by atoms with Gasteiger partial charge in [-0.05, 0) is 74.5 Å². The highest BCUT2D eigenvalue weighted by atomic mass is 16.3. The molecule has 0 atom stereocenters. The lowest BCUT2D eigenvalue weighted by molar-refractivity contribution is 0.669. The molecule has 0 spiro atoms. The van der Waals surface area contributed by atoms with Crippen LogP contribution in [0.2, 0.25) is 0 Å². The van der Waals surface area contributed by atoms with Crippen molar-refractivity contribution >= 4 is 43.7 Å². The number of para-hydroxylation sites is 1. The van der Waals surface area contributed by atoms with Crippen LogP contribution in [0, 0.1) is 0 Å². The molecule has 0 saturated heterocycles. The van der Waals surface area contributed by atoms with E-state index in [2.05, 4.69) is 84.9 Å². The molecule has 0 N–H and O–H groups in total. The largest absolute Gasteiger partial charge is 0.454 e. The average molecular weight is 419 g/mol. The highest BCUT2D eigenvalue weighted by Gasteiger charge is 2.22. The normalized spacial score (nSPS) is 12.2. The SMILES string of the molecule is c1ccc2c(c1)-c1cccc3c(-c4ccc5nc6c(cc5c4)oc4ccccc46)ccc-2c13. The van der Waals surface area contributed by atoms with Crippen LogP contribution >= 0.6 is 0 Å². The molecule has 7 aromatic rings. The van der Waals surface area contributed by atoms with E-state index in [1.165, 1.54) is 44.2 Å². The smallest absolute Gasteiger partial charge is 0.154 e. The van der Waals surface area contributed by atoms with Gasteiger partial charge in [-0.1, -0.05) is 72.8 Å². The van der Waals surface area contributed by atoms with Crippen LogP contribution in [0.15, 0.2) is 108 Å². The standard InChI is InChI=1S/C31H17NO/c1-2-7-22-21(6-1)24-10-5-9-23-20(13-14-25(22)30(23)24)18-12-15-27-19(16-18)17-29-31(32-27)26-8-3-4-11-28(26)33-29/h1-17H. The molecule has 2 nitrogen and oxygen atoms in total. The minimum atomic E-state index is 0.830. The van der Waals surface area contributed by atoms with E-state index in [-0.39, 0.29) is 0 Å². The fourth-order valence-corrected chi connectivity index (χ4v) is 5.53. The maximum atomic E-state index is 6.09. The lowest BCUT2D eigenvalue weighted by Crippen LogP contribution is -1.85. The Morgan fingerprint density at radius 1 is 0.515 bits per heavy atom. The maximum absolute atomic E-state index is 6.09. The van der Waals surface area contributed by atoms with E-state index >= 15 is 0 Å². The van der Waals surface area contributed by atoms with Crippen LogP contribution in [0.3, 0.4) is 0 Å². The zero-order valence-electron chi connectivity index (χ0n) is 17.7. The molecule has 0 amide bonds. The molecule has 0 bridgehead atoms. The van der Waals surface area contributed by atoms with Crippen LogP contribution in [-0.4, -0.2) is 4.98 Å². The van der Waals surface area contributed by atoms with Crippen LogP contribution in [0.1, 0.15) is 0 Å². The Hall–Kier alpha value is -4.43. The summed E-state index contributed by atoms with van der Waals surface area (Å²) in [5, 5.41) is 4.79. The highest BCUT2D eigenvalue weighted by Crippen LogP contribution is 2.49. The van der Waals surface area contributed by atoms with Gasteiger partial charge in [0.1, 0.15) is 11.1 Å². The predicted molar refractivity (Wildman–Crippen MR) is 136 cm³/mol. The molecule has 2 aromatic heterocycles. The molecule has 0 unspecified atom stereocenters. The van der Waals surface area contributed by atoms with E-state index in [0.717, 1.165) is 33.0 Å². The summed E-state index contributed by atoms with van der Waals surface area (Å²) in [5.41, 5.74) is 11.4. The number of benzene rings is 5. The first kappa shape index (κ1) is 17.2. The highest BCUT2D eigenvalue weighted by molar-refractivity contribution is 6.19. The number of hydrogen-bond acceptors (Lipinski definition) is 2. The van der Waals surface area contributed by atoms with Crippen LogP contribution < -0.4 is 0 Å². The van der Waals surface area contributed by atoms with Gasteiger partial charge in [0.2, 0.25) is 0 Å². The molecule has 0 fully saturated rings. The van der Waals surface area contributed by atoms with Gasteiger partial charge >= 0.3 is 0 Å².